The summed E-state index contributed by atoms with van der Waals surface area (Å²) in [4.78, 5) is 25.0. The van der Waals surface area contributed by atoms with Crippen LogP contribution in [0.1, 0.15) is 18.4 Å². The molecule has 22 heavy (non-hydrogen) atoms. The summed E-state index contributed by atoms with van der Waals surface area (Å²) in [5.41, 5.74) is 6.29. The highest BCUT2D eigenvalue weighted by Crippen LogP contribution is 2.16. The molecule has 1 fully saturated rings. The van der Waals surface area contributed by atoms with Gasteiger partial charge >= 0.3 is 0 Å². The molecule has 6 heteroatoms. The van der Waals surface area contributed by atoms with Gasteiger partial charge in [0.25, 0.3) is 0 Å². The molecule has 1 saturated heterocycles. The molecule has 0 spiro atoms. The van der Waals surface area contributed by atoms with E-state index in [-0.39, 0.29) is 24.3 Å². The van der Waals surface area contributed by atoms with Gasteiger partial charge in [0.1, 0.15) is 12.4 Å². The second kappa shape index (κ2) is 7.79. The SMILES string of the molecule is COc1ccc(COCC(=O)N2CCCC(C(N)=O)C2)cc1. The summed E-state index contributed by atoms with van der Waals surface area (Å²) in [6, 6.07) is 7.49. The van der Waals surface area contributed by atoms with Crippen molar-refractivity contribution >= 4 is 11.8 Å². The molecule has 2 rings (SSSR count). The van der Waals surface area contributed by atoms with Crippen molar-refractivity contribution in [2.24, 2.45) is 11.7 Å². The molecule has 0 radical (unpaired) electrons. The van der Waals surface area contributed by atoms with Crippen LogP contribution in [0.4, 0.5) is 0 Å². The van der Waals surface area contributed by atoms with Gasteiger partial charge in [-0.05, 0) is 30.5 Å². The number of carbonyl (C=O) groups is 2. The average Bonchev–Trinajstić information content (AvgIpc) is 2.55. The van der Waals surface area contributed by atoms with E-state index in [2.05, 4.69) is 0 Å². The summed E-state index contributed by atoms with van der Waals surface area (Å²) in [5.74, 6) is 0.112. The quantitative estimate of drug-likeness (QED) is 0.848. The van der Waals surface area contributed by atoms with E-state index in [0.717, 1.165) is 24.2 Å². The van der Waals surface area contributed by atoms with Crippen molar-refractivity contribution in [2.75, 3.05) is 26.8 Å². The van der Waals surface area contributed by atoms with Crippen LogP contribution in [0.5, 0.6) is 5.75 Å². The van der Waals surface area contributed by atoms with Gasteiger partial charge in [0.2, 0.25) is 11.8 Å². The van der Waals surface area contributed by atoms with E-state index in [1.165, 1.54) is 0 Å². The van der Waals surface area contributed by atoms with Gasteiger partial charge in [-0.1, -0.05) is 12.1 Å². The van der Waals surface area contributed by atoms with Gasteiger partial charge in [-0.25, -0.2) is 0 Å². The molecule has 2 N–H and O–H groups in total. The lowest BCUT2D eigenvalue weighted by atomic mass is 9.97. The van der Waals surface area contributed by atoms with Crippen molar-refractivity contribution in [2.45, 2.75) is 19.4 Å². The number of primary amides is 1. The summed E-state index contributed by atoms with van der Waals surface area (Å²) in [7, 11) is 1.61. The molecule has 0 aliphatic carbocycles. The Hall–Kier alpha value is -2.08. The lowest BCUT2D eigenvalue weighted by Gasteiger charge is -2.31. The number of ether oxygens (including phenoxy) is 2. The normalized spacial score (nSPS) is 18.0. The van der Waals surface area contributed by atoms with E-state index >= 15 is 0 Å². The maximum atomic E-state index is 12.1. The van der Waals surface area contributed by atoms with E-state index in [0.29, 0.717) is 19.7 Å². The van der Waals surface area contributed by atoms with Crippen molar-refractivity contribution in [3.05, 3.63) is 29.8 Å². The van der Waals surface area contributed by atoms with E-state index in [1.807, 2.05) is 24.3 Å². The third-order valence-electron chi connectivity index (χ3n) is 3.83. The number of benzene rings is 1. The lowest BCUT2D eigenvalue weighted by molar-refractivity contribution is -0.139. The van der Waals surface area contributed by atoms with Crippen LogP contribution < -0.4 is 10.5 Å². The van der Waals surface area contributed by atoms with Crippen molar-refractivity contribution in [3.63, 3.8) is 0 Å². The first kappa shape index (κ1) is 16.3. The lowest BCUT2D eigenvalue weighted by Crippen LogP contribution is -2.45. The Kier molecular flexibility index (Phi) is 5.77. The highest BCUT2D eigenvalue weighted by Gasteiger charge is 2.26. The van der Waals surface area contributed by atoms with Crippen molar-refractivity contribution in [1.29, 1.82) is 0 Å². The van der Waals surface area contributed by atoms with E-state index in [9.17, 15) is 9.59 Å². The molecule has 1 heterocycles. The fourth-order valence-electron chi connectivity index (χ4n) is 2.51. The number of nitrogens with zero attached hydrogens (tertiary/aromatic N) is 1. The zero-order chi connectivity index (χ0) is 15.9. The Morgan fingerprint density at radius 2 is 2.05 bits per heavy atom. The van der Waals surface area contributed by atoms with E-state index in [4.69, 9.17) is 15.2 Å². The van der Waals surface area contributed by atoms with Gasteiger partial charge in [-0.3, -0.25) is 9.59 Å². The Balaban J connectivity index is 1.76. The molecule has 1 aromatic rings. The molecule has 1 aliphatic rings. The maximum Gasteiger partial charge on any atom is 0.248 e. The number of hydrogen-bond acceptors (Lipinski definition) is 4. The first-order valence-corrected chi connectivity index (χ1v) is 7.38. The number of carbonyl (C=O) groups excluding carboxylic acids is 2. The van der Waals surface area contributed by atoms with Gasteiger partial charge in [0.05, 0.1) is 19.6 Å². The molecule has 1 aromatic carbocycles. The number of likely N-dealkylation sites (tertiary alicyclic amines) is 1. The van der Waals surface area contributed by atoms with Crippen LogP contribution in [0.3, 0.4) is 0 Å². The summed E-state index contributed by atoms with van der Waals surface area (Å²) >= 11 is 0. The van der Waals surface area contributed by atoms with Crippen LogP contribution in [-0.2, 0) is 20.9 Å². The number of hydrogen-bond donors (Lipinski definition) is 1. The second-order valence-corrected chi connectivity index (χ2v) is 5.42. The minimum absolute atomic E-state index is 0.0114. The summed E-state index contributed by atoms with van der Waals surface area (Å²) in [6.45, 7) is 1.44. The largest absolute Gasteiger partial charge is 0.497 e. The fourth-order valence-corrected chi connectivity index (χ4v) is 2.51. The zero-order valence-electron chi connectivity index (χ0n) is 12.8. The molecule has 0 bridgehead atoms. The predicted octanol–water partition coefficient (Wildman–Crippen LogP) is 0.936. The maximum absolute atomic E-state index is 12.1. The van der Waals surface area contributed by atoms with Gasteiger partial charge in [0.15, 0.2) is 0 Å². The number of amides is 2. The monoisotopic (exact) mass is 306 g/mol. The molecule has 1 unspecified atom stereocenters. The highest BCUT2D eigenvalue weighted by molar-refractivity contribution is 5.80. The van der Waals surface area contributed by atoms with E-state index in [1.54, 1.807) is 12.0 Å². The second-order valence-electron chi connectivity index (χ2n) is 5.42. The van der Waals surface area contributed by atoms with Crippen LogP contribution >= 0.6 is 0 Å². The number of piperidine rings is 1. The first-order chi connectivity index (χ1) is 10.6. The molecule has 0 saturated carbocycles. The van der Waals surface area contributed by atoms with Gasteiger partial charge < -0.3 is 20.1 Å². The molecule has 120 valence electrons. The molecular formula is C16H22N2O4. The minimum atomic E-state index is -0.336. The first-order valence-electron chi connectivity index (χ1n) is 7.38. The van der Waals surface area contributed by atoms with Gasteiger partial charge in [-0.2, -0.15) is 0 Å². The Morgan fingerprint density at radius 1 is 1.32 bits per heavy atom. The zero-order valence-corrected chi connectivity index (χ0v) is 12.8. The number of methoxy groups -OCH3 is 1. The van der Waals surface area contributed by atoms with Crippen molar-refractivity contribution < 1.29 is 19.1 Å². The minimum Gasteiger partial charge on any atom is -0.497 e. The van der Waals surface area contributed by atoms with Crippen LogP contribution in [0.15, 0.2) is 24.3 Å². The molecule has 1 atom stereocenters. The fraction of sp³-hybridized carbons (Fsp3) is 0.500. The Morgan fingerprint density at radius 3 is 2.68 bits per heavy atom. The van der Waals surface area contributed by atoms with Crippen LogP contribution in [0, 0.1) is 5.92 Å². The Bertz CT molecular complexity index is 515. The standard InChI is InChI=1S/C16H22N2O4/c1-21-14-6-4-12(5-7-14)10-22-11-15(19)18-8-2-3-13(9-18)16(17)20/h4-7,13H,2-3,8-11H2,1H3,(H2,17,20). The number of nitrogens with two attached hydrogens (primary N) is 1. The average molecular weight is 306 g/mol. The molecular weight excluding hydrogens is 284 g/mol. The van der Waals surface area contributed by atoms with Crippen LogP contribution in [0.25, 0.3) is 0 Å². The van der Waals surface area contributed by atoms with Gasteiger partial charge in [-0.15, -0.1) is 0 Å². The smallest absolute Gasteiger partial charge is 0.248 e. The third-order valence-corrected chi connectivity index (χ3v) is 3.83. The highest BCUT2D eigenvalue weighted by atomic mass is 16.5. The summed E-state index contributed by atoms with van der Waals surface area (Å²) in [6.07, 6.45) is 1.56. The number of rotatable bonds is 6. The predicted molar refractivity (Wildman–Crippen MR) is 81.1 cm³/mol. The third kappa shape index (κ3) is 4.46. The summed E-state index contributed by atoms with van der Waals surface area (Å²) in [5, 5.41) is 0. The van der Waals surface area contributed by atoms with Crippen molar-refractivity contribution in [1.82, 2.24) is 4.90 Å². The Labute approximate surface area is 130 Å². The van der Waals surface area contributed by atoms with E-state index < -0.39 is 0 Å². The van der Waals surface area contributed by atoms with Crippen LogP contribution in [0.2, 0.25) is 0 Å². The molecule has 0 aromatic heterocycles. The van der Waals surface area contributed by atoms with Gasteiger partial charge in [0, 0.05) is 13.1 Å². The van der Waals surface area contributed by atoms with Crippen molar-refractivity contribution in [3.8, 4) is 5.75 Å². The molecule has 6 nitrogen and oxygen atoms in total. The summed E-state index contributed by atoms with van der Waals surface area (Å²) < 4.78 is 10.5. The topological polar surface area (TPSA) is 81.9 Å². The molecule has 2 amide bonds. The van der Waals surface area contributed by atoms with Crippen LogP contribution in [-0.4, -0.2) is 43.5 Å². The molecule has 1 aliphatic heterocycles.